The standard InChI is InChI=1S/C13H14N6O5S/c20-3-5-7(21)8(22)11(24-5)19-9-6(10(23)16-4-15-9)17-12(19)18-13-14-1-2-25-13/h1-2,4-5,7-8,11,20-22H,3H2,(H,14,17,18)(H,15,16,23). The summed E-state index contributed by atoms with van der Waals surface area (Å²) in [7, 11) is 0. The van der Waals surface area contributed by atoms with Crippen LogP contribution < -0.4 is 10.9 Å². The molecular weight excluding hydrogens is 352 g/mol. The van der Waals surface area contributed by atoms with E-state index in [0.717, 1.165) is 0 Å². The van der Waals surface area contributed by atoms with Gasteiger partial charge in [0.25, 0.3) is 5.56 Å². The number of aliphatic hydroxyl groups is 3. The average Bonchev–Trinajstić information content (AvgIpc) is 3.30. The van der Waals surface area contributed by atoms with E-state index in [1.54, 1.807) is 11.6 Å². The average molecular weight is 366 g/mol. The van der Waals surface area contributed by atoms with Gasteiger partial charge in [-0.3, -0.25) is 9.36 Å². The first-order valence-corrected chi connectivity index (χ1v) is 8.22. The molecule has 0 aromatic carbocycles. The van der Waals surface area contributed by atoms with Gasteiger partial charge in [-0.1, -0.05) is 0 Å². The molecule has 4 rings (SSSR count). The molecule has 0 spiro atoms. The van der Waals surface area contributed by atoms with Crippen molar-refractivity contribution < 1.29 is 20.1 Å². The number of hydrogen-bond donors (Lipinski definition) is 5. The molecule has 4 atom stereocenters. The maximum absolute atomic E-state index is 12.0. The smallest absolute Gasteiger partial charge is 0.278 e. The zero-order chi connectivity index (χ0) is 17.6. The summed E-state index contributed by atoms with van der Waals surface area (Å²) >= 11 is 1.31. The number of rotatable bonds is 4. The Labute approximate surface area is 143 Å². The number of aromatic nitrogens is 5. The fraction of sp³-hybridized carbons (Fsp3) is 0.385. The fourth-order valence-electron chi connectivity index (χ4n) is 2.72. The third kappa shape index (κ3) is 2.60. The van der Waals surface area contributed by atoms with Crippen molar-refractivity contribution >= 4 is 33.6 Å². The number of aliphatic hydroxyl groups excluding tert-OH is 3. The van der Waals surface area contributed by atoms with Crippen LogP contribution in [0.2, 0.25) is 0 Å². The highest BCUT2D eigenvalue weighted by Gasteiger charge is 2.45. The van der Waals surface area contributed by atoms with Crippen molar-refractivity contribution in [2.45, 2.75) is 24.5 Å². The lowest BCUT2D eigenvalue weighted by atomic mass is 10.1. The Morgan fingerprint density at radius 1 is 1.36 bits per heavy atom. The predicted octanol–water partition coefficient (Wildman–Crippen LogP) is -1.07. The van der Waals surface area contributed by atoms with E-state index in [-0.39, 0.29) is 17.1 Å². The van der Waals surface area contributed by atoms with Crippen LogP contribution in [0.1, 0.15) is 6.23 Å². The van der Waals surface area contributed by atoms with Crippen LogP contribution in [-0.2, 0) is 4.74 Å². The van der Waals surface area contributed by atoms with Crippen LogP contribution in [0, 0.1) is 0 Å². The second kappa shape index (κ2) is 6.16. The number of H-pyrrole nitrogens is 1. The molecule has 1 fully saturated rings. The van der Waals surface area contributed by atoms with E-state index in [9.17, 15) is 20.1 Å². The van der Waals surface area contributed by atoms with E-state index in [1.165, 1.54) is 22.2 Å². The van der Waals surface area contributed by atoms with Crippen LogP contribution in [0.25, 0.3) is 11.2 Å². The summed E-state index contributed by atoms with van der Waals surface area (Å²) in [5, 5.41) is 34.8. The van der Waals surface area contributed by atoms with E-state index in [0.29, 0.717) is 5.13 Å². The van der Waals surface area contributed by atoms with Crippen molar-refractivity contribution in [1.82, 2.24) is 24.5 Å². The Morgan fingerprint density at radius 2 is 2.20 bits per heavy atom. The summed E-state index contributed by atoms with van der Waals surface area (Å²) in [6.45, 7) is -0.468. The second-order valence-corrected chi connectivity index (χ2v) is 6.29. The van der Waals surface area contributed by atoms with Gasteiger partial charge in [-0.15, -0.1) is 11.3 Å². The van der Waals surface area contributed by atoms with Gasteiger partial charge >= 0.3 is 0 Å². The summed E-state index contributed by atoms with van der Waals surface area (Å²) in [6.07, 6.45) is -1.88. The van der Waals surface area contributed by atoms with Gasteiger partial charge in [0.15, 0.2) is 22.5 Å². The fourth-order valence-corrected chi connectivity index (χ4v) is 3.25. The summed E-state index contributed by atoms with van der Waals surface area (Å²) < 4.78 is 6.92. The molecule has 3 aromatic heterocycles. The molecule has 132 valence electrons. The Balaban J connectivity index is 1.86. The van der Waals surface area contributed by atoms with Crippen molar-refractivity contribution in [3.05, 3.63) is 28.3 Å². The molecule has 12 heteroatoms. The number of thiazole rings is 1. The summed E-state index contributed by atoms with van der Waals surface area (Å²) in [6, 6.07) is 0. The maximum atomic E-state index is 12.0. The van der Waals surface area contributed by atoms with Gasteiger partial charge in [0.2, 0.25) is 5.95 Å². The second-order valence-electron chi connectivity index (χ2n) is 5.40. The molecule has 1 aliphatic heterocycles. The lowest BCUT2D eigenvalue weighted by molar-refractivity contribution is -0.0501. The van der Waals surface area contributed by atoms with E-state index < -0.39 is 36.7 Å². The molecule has 0 aliphatic carbocycles. The number of anilines is 2. The largest absolute Gasteiger partial charge is 0.394 e. The van der Waals surface area contributed by atoms with Gasteiger partial charge in [0, 0.05) is 11.6 Å². The van der Waals surface area contributed by atoms with E-state index in [2.05, 4.69) is 25.3 Å². The molecule has 1 saturated heterocycles. The lowest BCUT2D eigenvalue weighted by Crippen LogP contribution is -2.33. The van der Waals surface area contributed by atoms with Crippen LogP contribution in [-0.4, -0.2) is 64.7 Å². The molecule has 5 N–H and O–H groups in total. The minimum absolute atomic E-state index is 0.0410. The molecule has 4 heterocycles. The monoisotopic (exact) mass is 366 g/mol. The molecule has 1 aliphatic rings. The predicted molar refractivity (Wildman–Crippen MR) is 86.6 cm³/mol. The summed E-state index contributed by atoms with van der Waals surface area (Å²) in [5.41, 5.74) is -0.255. The number of hydrogen-bond acceptors (Lipinski definition) is 10. The lowest BCUT2D eigenvalue weighted by Gasteiger charge is -2.19. The van der Waals surface area contributed by atoms with Crippen molar-refractivity contribution in [1.29, 1.82) is 0 Å². The Morgan fingerprint density at radius 3 is 2.88 bits per heavy atom. The molecule has 0 radical (unpaired) electrons. The first-order chi connectivity index (χ1) is 12.1. The normalized spacial score (nSPS) is 26.4. The first kappa shape index (κ1) is 16.1. The SMILES string of the molecule is O=c1[nH]cnc2c1nc(Nc1nccs1)n2C1OC(CO)C(O)C1O. The van der Waals surface area contributed by atoms with Gasteiger partial charge in [0.1, 0.15) is 18.3 Å². The third-order valence-electron chi connectivity index (χ3n) is 3.91. The van der Waals surface area contributed by atoms with Gasteiger partial charge in [0.05, 0.1) is 12.9 Å². The van der Waals surface area contributed by atoms with E-state index in [1.807, 2.05) is 0 Å². The Bertz CT molecular complexity index is 940. The topological polar surface area (TPSA) is 158 Å². The van der Waals surface area contributed by atoms with Crippen LogP contribution in [0.5, 0.6) is 0 Å². The zero-order valence-electron chi connectivity index (χ0n) is 12.6. The molecule has 11 nitrogen and oxygen atoms in total. The third-order valence-corrected chi connectivity index (χ3v) is 4.59. The molecule has 3 aromatic rings. The highest BCUT2D eigenvalue weighted by Crippen LogP contribution is 2.34. The van der Waals surface area contributed by atoms with Crippen molar-refractivity contribution in [3.63, 3.8) is 0 Å². The molecule has 0 bridgehead atoms. The van der Waals surface area contributed by atoms with E-state index >= 15 is 0 Å². The van der Waals surface area contributed by atoms with Crippen LogP contribution in [0.3, 0.4) is 0 Å². The van der Waals surface area contributed by atoms with Gasteiger partial charge in [-0.2, -0.15) is 0 Å². The number of imidazole rings is 1. The van der Waals surface area contributed by atoms with Crippen LogP contribution in [0.15, 0.2) is 22.7 Å². The van der Waals surface area contributed by atoms with Crippen molar-refractivity contribution in [2.24, 2.45) is 0 Å². The van der Waals surface area contributed by atoms with Gasteiger partial charge in [-0.05, 0) is 0 Å². The summed E-state index contributed by atoms with van der Waals surface area (Å²) in [5.74, 6) is 0.170. The number of aromatic amines is 1. The molecule has 25 heavy (non-hydrogen) atoms. The Kier molecular flexibility index (Phi) is 3.97. The van der Waals surface area contributed by atoms with Gasteiger partial charge < -0.3 is 30.4 Å². The Hall–Kier alpha value is -2.38. The minimum atomic E-state index is -1.34. The number of nitrogens with zero attached hydrogens (tertiary/aromatic N) is 4. The highest BCUT2D eigenvalue weighted by molar-refractivity contribution is 7.13. The summed E-state index contributed by atoms with van der Waals surface area (Å²) in [4.78, 5) is 26.9. The van der Waals surface area contributed by atoms with E-state index in [4.69, 9.17) is 4.74 Å². The van der Waals surface area contributed by atoms with Crippen LogP contribution >= 0.6 is 11.3 Å². The molecular formula is C13H14N6O5S. The van der Waals surface area contributed by atoms with Crippen molar-refractivity contribution in [3.8, 4) is 0 Å². The minimum Gasteiger partial charge on any atom is -0.394 e. The number of nitrogens with one attached hydrogen (secondary N) is 2. The highest BCUT2D eigenvalue weighted by atomic mass is 32.1. The maximum Gasteiger partial charge on any atom is 0.278 e. The van der Waals surface area contributed by atoms with Crippen LogP contribution in [0.4, 0.5) is 11.1 Å². The number of ether oxygens (including phenoxy) is 1. The quantitative estimate of drug-likeness (QED) is 0.387. The number of fused-ring (bicyclic) bond motifs is 1. The molecule has 4 unspecified atom stereocenters. The van der Waals surface area contributed by atoms with Gasteiger partial charge in [-0.25, -0.2) is 15.0 Å². The van der Waals surface area contributed by atoms with Crippen molar-refractivity contribution in [2.75, 3.05) is 11.9 Å². The zero-order valence-corrected chi connectivity index (χ0v) is 13.4. The first-order valence-electron chi connectivity index (χ1n) is 7.34. The molecule has 0 saturated carbocycles. The molecule has 0 amide bonds.